The van der Waals surface area contributed by atoms with Crippen LogP contribution in [-0.2, 0) is 9.59 Å². The second-order valence-electron chi connectivity index (χ2n) is 3.33. The van der Waals surface area contributed by atoms with Crippen molar-refractivity contribution in [2.45, 2.75) is 38.6 Å². The Hall–Kier alpha value is -1.36. The van der Waals surface area contributed by atoms with Gasteiger partial charge in [0, 0.05) is 12.0 Å². The largest absolute Gasteiger partial charge is 0.480 e. The summed E-state index contributed by atoms with van der Waals surface area (Å²) >= 11 is 0. The lowest BCUT2D eigenvalue weighted by Gasteiger charge is -2.06. The summed E-state index contributed by atoms with van der Waals surface area (Å²) in [5.41, 5.74) is 5.34. The van der Waals surface area contributed by atoms with Gasteiger partial charge in [-0.3, -0.25) is 4.79 Å². The average Bonchev–Trinajstić information content (AvgIpc) is 2.15. The number of aliphatic carboxylic acids is 2. The van der Waals surface area contributed by atoms with Crippen LogP contribution in [0.1, 0.15) is 32.6 Å². The third-order valence-electron chi connectivity index (χ3n) is 1.98. The zero-order valence-corrected chi connectivity index (χ0v) is 8.77. The maximum atomic E-state index is 10.7. The maximum absolute atomic E-state index is 10.7. The van der Waals surface area contributed by atoms with Gasteiger partial charge in [-0.2, -0.15) is 0 Å². The minimum atomic E-state index is -1.18. The summed E-state index contributed by atoms with van der Waals surface area (Å²) in [5.74, 6) is -2.28. The third-order valence-corrected chi connectivity index (χ3v) is 1.98. The minimum Gasteiger partial charge on any atom is -0.480 e. The van der Waals surface area contributed by atoms with E-state index in [4.69, 9.17) is 15.9 Å². The van der Waals surface area contributed by atoms with Crippen molar-refractivity contribution in [3.8, 4) is 0 Å². The number of nitrogens with two attached hydrogens (primary N) is 1. The van der Waals surface area contributed by atoms with E-state index in [0.717, 1.165) is 12.8 Å². The van der Waals surface area contributed by atoms with E-state index >= 15 is 0 Å². The molecule has 0 aliphatic heterocycles. The van der Waals surface area contributed by atoms with Crippen molar-refractivity contribution < 1.29 is 19.8 Å². The Morgan fingerprint density at radius 3 is 2.40 bits per heavy atom. The predicted molar refractivity (Wildman–Crippen MR) is 55.5 cm³/mol. The SMILES string of the molecule is CCCC/C=C(/C[C@H](N)C(=O)O)C(=O)O. The maximum Gasteiger partial charge on any atom is 0.331 e. The van der Waals surface area contributed by atoms with Crippen molar-refractivity contribution in [2.75, 3.05) is 0 Å². The third kappa shape index (κ3) is 5.85. The zero-order valence-electron chi connectivity index (χ0n) is 8.77. The van der Waals surface area contributed by atoms with Crippen molar-refractivity contribution in [1.29, 1.82) is 0 Å². The molecule has 5 nitrogen and oxygen atoms in total. The van der Waals surface area contributed by atoms with Gasteiger partial charge in [0.1, 0.15) is 6.04 Å². The number of hydrogen-bond donors (Lipinski definition) is 3. The van der Waals surface area contributed by atoms with Gasteiger partial charge in [-0.1, -0.05) is 25.8 Å². The van der Waals surface area contributed by atoms with Crippen LogP contribution in [0.3, 0.4) is 0 Å². The number of carboxylic acids is 2. The van der Waals surface area contributed by atoms with Gasteiger partial charge in [0.2, 0.25) is 0 Å². The smallest absolute Gasteiger partial charge is 0.331 e. The number of hydrogen-bond acceptors (Lipinski definition) is 3. The molecule has 1 atom stereocenters. The number of rotatable bonds is 7. The molecule has 86 valence electrons. The second kappa shape index (κ2) is 7.00. The predicted octanol–water partition coefficient (Wildman–Crippen LogP) is 0.990. The Bertz CT molecular complexity index is 260. The monoisotopic (exact) mass is 215 g/mol. The second-order valence-corrected chi connectivity index (χ2v) is 3.33. The lowest BCUT2D eigenvalue weighted by Crippen LogP contribution is -2.31. The Labute approximate surface area is 88.6 Å². The van der Waals surface area contributed by atoms with Gasteiger partial charge in [0.15, 0.2) is 0 Å². The molecule has 0 aliphatic rings. The Morgan fingerprint density at radius 1 is 1.40 bits per heavy atom. The summed E-state index contributed by atoms with van der Waals surface area (Å²) < 4.78 is 0. The lowest BCUT2D eigenvalue weighted by molar-refractivity contribution is -0.138. The van der Waals surface area contributed by atoms with Crippen LogP contribution in [0.2, 0.25) is 0 Å². The molecule has 0 radical (unpaired) electrons. The zero-order chi connectivity index (χ0) is 11.8. The van der Waals surface area contributed by atoms with Crippen LogP contribution in [0, 0.1) is 0 Å². The molecule has 0 rings (SSSR count). The first-order chi connectivity index (χ1) is 6.99. The van der Waals surface area contributed by atoms with Gasteiger partial charge >= 0.3 is 11.9 Å². The first kappa shape index (κ1) is 13.6. The summed E-state index contributed by atoms with van der Waals surface area (Å²) in [7, 11) is 0. The minimum absolute atomic E-state index is 0.0818. The molecular formula is C10H17NO4. The first-order valence-electron chi connectivity index (χ1n) is 4.89. The van der Waals surface area contributed by atoms with E-state index in [0.29, 0.717) is 6.42 Å². The Morgan fingerprint density at radius 2 is 2.00 bits per heavy atom. The van der Waals surface area contributed by atoms with Gasteiger partial charge in [0.05, 0.1) is 0 Å². The summed E-state index contributed by atoms with van der Waals surface area (Å²) in [6, 6.07) is -1.14. The highest BCUT2D eigenvalue weighted by Gasteiger charge is 2.17. The van der Waals surface area contributed by atoms with Crippen molar-refractivity contribution in [2.24, 2.45) is 5.73 Å². The van der Waals surface area contributed by atoms with E-state index in [9.17, 15) is 9.59 Å². The van der Waals surface area contributed by atoms with E-state index < -0.39 is 18.0 Å². The van der Waals surface area contributed by atoms with Crippen LogP contribution in [-0.4, -0.2) is 28.2 Å². The molecule has 15 heavy (non-hydrogen) atoms. The van der Waals surface area contributed by atoms with E-state index in [1.807, 2.05) is 6.92 Å². The Balaban J connectivity index is 4.34. The molecule has 0 fully saturated rings. The van der Waals surface area contributed by atoms with E-state index in [2.05, 4.69) is 0 Å². The lowest BCUT2D eigenvalue weighted by atomic mass is 10.0. The Kier molecular flexibility index (Phi) is 6.37. The highest BCUT2D eigenvalue weighted by molar-refractivity contribution is 5.88. The molecule has 0 aromatic carbocycles. The van der Waals surface area contributed by atoms with Crippen molar-refractivity contribution in [1.82, 2.24) is 0 Å². The van der Waals surface area contributed by atoms with Crippen LogP contribution in [0.4, 0.5) is 0 Å². The number of allylic oxidation sites excluding steroid dienone is 1. The first-order valence-corrected chi connectivity index (χ1v) is 4.89. The molecule has 0 amide bonds. The molecule has 0 unspecified atom stereocenters. The van der Waals surface area contributed by atoms with Crippen molar-refractivity contribution in [3.05, 3.63) is 11.6 Å². The summed E-state index contributed by atoms with van der Waals surface area (Å²) in [6.07, 6.45) is 3.92. The number of carbonyl (C=O) groups is 2. The summed E-state index contributed by atoms with van der Waals surface area (Å²) in [5, 5.41) is 17.3. The molecule has 0 heterocycles. The van der Waals surface area contributed by atoms with Crippen molar-refractivity contribution in [3.63, 3.8) is 0 Å². The van der Waals surface area contributed by atoms with Crippen molar-refractivity contribution >= 4 is 11.9 Å². The summed E-state index contributed by atoms with van der Waals surface area (Å²) in [4.78, 5) is 21.2. The molecule has 0 aromatic heterocycles. The molecule has 0 bridgehead atoms. The number of unbranched alkanes of at least 4 members (excludes halogenated alkanes) is 2. The van der Waals surface area contributed by atoms with Gasteiger partial charge < -0.3 is 15.9 Å². The normalized spacial score (nSPS) is 13.6. The molecule has 4 N–H and O–H groups in total. The molecule has 0 spiro atoms. The van der Waals surface area contributed by atoms with Gasteiger partial charge in [-0.25, -0.2) is 4.79 Å². The van der Waals surface area contributed by atoms with Gasteiger partial charge in [0.25, 0.3) is 0 Å². The molecule has 0 saturated carbocycles. The van der Waals surface area contributed by atoms with Crippen LogP contribution >= 0.6 is 0 Å². The van der Waals surface area contributed by atoms with Gasteiger partial charge in [-0.15, -0.1) is 0 Å². The molecular weight excluding hydrogens is 198 g/mol. The van der Waals surface area contributed by atoms with Gasteiger partial charge in [-0.05, 0) is 6.42 Å². The van der Waals surface area contributed by atoms with E-state index in [-0.39, 0.29) is 12.0 Å². The molecule has 0 saturated heterocycles. The molecule has 5 heteroatoms. The highest BCUT2D eigenvalue weighted by Crippen LogP contribution is 2.08. The highest BCUT2D eigenvalue weighted by atomic mass is 16.4. The van der Waals surface area contributed by atoms with Crippen LogP contribution < -0.4 is 5.73 Å². The quantitative estimate of drug-likeness (QED) is 0.434. The fourth-order valence-electron chi connectivity index (χ4n) is 1.06. The van der Waals surface area contributed by atoms with E-state index in [1.165, 1.54) is 0 Å². The standard InChI is InChI=1S/C10H17NO4/c1-2-3-4-5-7(9(12)13)6-8(11)10(14)15/h5,8H,2-4,6,11H2,1H3,(H,12,13)(H,14,15)/b7-5-/t8-/m0/s1. The fraction of sp³-hybridized carbons (Fsp3) is 0.600. The fourth-order valence-corrected chi connectivity index (χ4v) is 1.06. The summed E-state index contributed by atoms with van der Waals surface area (Å²) in [6.45, 7) is 2.00. The molecule has 0 aliphatic carbocycles. The van der Waals surface area contributed by atoms with E-state index in [1.54, 1.807) is 6.08 Å². The number of carboxylic acid groups (broad SMARTS) is 2. The average molecular weight is 215 g/mol. The van der Waals surface area contributed by atoms with Crippen LogP contribution in [0.25, 0.3) is 0 Å². The van der Waals surface area contributed by atoms with Crippen LogP contribution in [0.5, 0.6) is 0 Å². The topological polar surface area (TPSA) is 101 Å². The van der Waals surface area contributed by atoms with Crippen LogP contribution in [0.15, 0.2) is 11.6 Å². The molecule has 0 aromatic rings.